The van der Waals surface area contributed by atoms with Crippen LogP contribution in [-0.2, 0) is 5.41 Å². The van der Waals surface area contributed by atoms with Crippen LogP contribution in [-0.4, -0.2) is 17.6 Å². The van der Waals surface area contributed by atoms with Gasteiger partial charge in [0.1, 0.15) is 0 Å². The number of benzene rings is 2. The first-order valence-electron chi connectivity index (χ1n) is 10.8. The van der Waals surface area contributed by atoms with Crippen molar-refractivity contribution in [3.8, 4) is 0 Å². The lowest BCUT2D eigenvalue weighted by Gasteiger charge is -2.34. The smallest absolute Gasteiger partial charge is 0.335 e. The third kappa shape index (κ3) is 5.29. The summed E-state index contributed by atoms with van der Waals surface area (Å²) in [5.41, 5.74) is 5.62. The molecule has 2 aromatic rings. The summed E-state index contributed by atoms with van der Waals surface area (Å²) in [7, 11) is 0. The molecule has 0 spiro atoms. The Bertz CT molecular complexity index is 865. The van der Waals surface area contributed by atoms with Crippen molar-refractivity contribution in [2.24, 2.45) is 0 Å². The van der Waals surface area contributed by atoms with Gasteiger partial charge in [-0.25, -0.2) is 4.79 Å². The molecule has 0 saturated carbocycles. The predicted molar refractivity (Wildman–Crippen MR) is 122 cm³/mol. The van der Waals surface area contributed by atoms with E-state index in [9.17, 15) is 4.79 Å². The van der Waals surface area contributed by atoms with E-state index in [2.05, 4.69) is 56.4 Å². The molecule has 0 fully saturated rings. The summed E-state index contributed by atoms with van der Waals surface area (Å²) in [5, 5.41) is 12.7. The lowest BCUT2D eigenvalue weighted by Crippen LogP contribution is -2.28. The van der Waals surface area contributed by atoms with Gasteiger partial charge in [-0.15, -0.1) is 0 Å². The van der Waals surface area contributed by atoms with E-state index in [1.54, 1.807) is 12.1 Å². The van der Waals surface area contributed by atoms with Crippen LogP contribution in [0.15, 0.2) is 48.5 Å². The summed E-state index contributed by atoms with van der Waals surface area (Å²) < 4.78 is 0. The number of carboxylic acid groups (broad SMARTS) is 1. The molecule has 154 valence electrons. The molecule has 1 aliphatic rings. The fraction of sp³-hybridized carbons (Fsp3) is 0.423. The number of carbonyl (C=O) groups is 1. The van der Waals surface area contributed by atoms with Crippen molar-refractivity contribution >= 4 is 17.7 Å². The van der Waals surface area contributed by atoms with Gasteiger partial charge in [-0.05, 0) is 53.1 Å². The second kappa shape index (κ2) is 9.30. The zero-order valence-electron chi connectivity index (χ0n) is 17.9. The SMILES string of the molecule is CCCCCC(C=Cc1ccc(C(=O)O)cc1)c1ccc2c(c1)NCCC2(C)C. The summed E-state index contributed by atoms with van der Waals surface area (Å²) in [6.45, 7) is 7.91. The van der Waals surface area contributed by atoms with Crippen LogP contribution in [0.25, 0.3) is 6.08 Å². The van der Waals surface area contributed by atoms with Gasteiger partial charge < -0.3 is 10.4 Å². The Morgan fingerprint density at radius 3 is 2.62 bits per heavy atom. The van der Waals surface area contributed by atoms with Gasteiger partial charge in [-0.3, -0.25) is 0 Å². The predicted octanol–water partition coefficient (Wildman–Crippen LogP) is 6.86. The highest BCUT2D eigenvalue weighted by atomic mass is 16.4. The lowest BCUT2D eigenvalue weighted by molar-refractivity contribution is 0.0697. The molecule has 0 saturated heterocycles. The highest BCUT2D eigenvalue weighted by Gasteiger charge is 2.27. The third-order valence-electron chi connectivity index (χ3n) is 6.06. The van der Waals surface area contributed by atoms with E-state index in [4.69, 9.17) is 5.11 Å². The maximum absolute atomic E-state index is 11.0. The van der Waals surface area contributed by atoms with Crippen LogP contribution in [0.2, 0.25) is 0 Å². The van der Waals surface area contributed by atoms with Gasteiger partial charge in [-0.2, -0.15) is 0 Å². The number of rotatable bonds is 8. The molecule has 3 rings (SSSR count). The third-order valence-corrected chi connectivity index (χ3v) is 6.06. The van der Waals surface area contributed by atoms with E-state index in [1.807, 2.05) is 12.1 Å². The highest BCUT2D eigenvalue weighted by Crippen LogP contribution is 2.39. The number of hydrogen-bond acceptors (Lipinski definition) is 2. The van der Waals surface area contributed by atoms with Gasteiger partial charge in [0.2, 0.25) is 0 Å². The number of unbranched alkanes of at least 4 members (excludes halogenated alkanes) is 2. The van der Waals surface area contributed by atoms with E-state index < -0.39 is 5.97 Å². The maximum Gasteiger partial charge on any atom is 0.335 e. The van der Waals surface area contributed by atoms with Crippen LogP contribution in [0.3, 0.4) is 0 Å². The number of anilines is 1. The van der Waals surface area contributed by atoms with Gasteiger partial charge in [-0.1, -0.05) is 76.5 Å². The Labute approximate surface area is 174 Å². The molecule has 0 aromatic heterocycles. The Kier molecular flexibility index (Phi) is 6.79. The monoisotopic (exact) mass is 391 g/mol. The molecule has 2 N–H and O–H groups in total. The molecule has 29 heavy (non-hydrogen) atoms. The fourth-order valence-electron chi connectivity index (χ4n) is 4.13. The van der Waals surface area contributed by atoms with Crippen LogP contribution in [0.4, 0.5) is 5.69 Å². The first kappa shape index (κ1) is 21.2. The van der Waals surface area contributed by atoms with Crippen LogP contribution >= 0.6 is 0 Å². The van der Waals surface area contributed by atoms with E-state index in [1.165, 1.54) is 36.1 Å². The van der Waals surface area contributed by atoms with Crippen LogP contribution in [0, 0.1) is 0 Å². The van der Waals surface area contributed by atoms with Crippen LogP contribution in [0.5, 0.6) is 0 Å². The van der Waals surface area contributed by atoms with E-state index in [0.717, 1.165) is 24.9 Å². The van der Waals surface area contributed by atoms with Gasteiger partial charge >= 0.3 is 5.97 Å². The second-order valence-corrected chi connectivity index (χ2v) is 8.75. The summed E-state index contributed by atoms with van der Waals surface area (Å²) in [6, 6.07) is 14.0. The van der Waals surface area contributed by atoms with Gasteiger partial charge in [0.25, 0.3) is 0 Å². The van der Waals surface area contributed by atoms with Crippen LogP contribution < -0.4 is 5.32 Å². The quantitative estimate of drug-likeness (QED) is 0.483. The largest absolute Gasteiger partial charge is 0.478 e. The van der Waals surface area contributed by atoms with Crippen molar-refractivity contribution < 1.29 is 9.90 Å². The molecule has 2 aromatic carbocycles. The van der Waals surface area contributed by atoms with Crippen molar-refractivity contribution in [3.05, 3.63) is 70.8 Å². The molecule has 3 heteroatoms. The fourth-order valence-corrected chi connectivity index (χ4v) is 4.13. The standard InChI is InChI=1S/C26H33NO2/c1-4-5-6-7-20(11-8-19-9-12-21(13-10-19)25(28)29)22-14-15-23-24(18-22)27-17-16-26(23,2)3/h8-15,18,20,27H,4-7,16-17H2,1-3H3,(H,28,29). The van der Waals surface area contributed by atoms with Crippen molar-refractivity contribution in [3.63, 3.8) is 0 Å². The molecule has 1 unspecified atom stereocenters. The van der Waals surface area contributed by atoms with Gasteiger partial charge in [0.15, 0.2) is 0 Å². The Balaban J connectivity index is 1.84. The number of carboxylic acids is 1. The van der Waals surface area contributed by atoms with Gasteiger partial charge in [0, 0.05) is 18.2 Å². The molecule has 0 radical (unpaired) electrons. The number of nitrogens with one attached hydrogen (secondary N) is 1. The summed E-state index contributed by atoms with van der Waals surface area (Å²) >= 11 is 0. The Morgan fingerprint density at radius 1 is 1.17 bits per heavy atom. The minimum Gasteiger partial charge on any atom is -0.478 e. The van der Waals surface area contributed by atoms with Crippen molar-refractivity contribution in [2.75, 3.05) is 11.9 Å². The summed E-state index contributed by atoms with van der Waals surface area (Å²) in [5.74, 6) is -0.528. The van der Waals surface area contributed by atoms with Crippen molar-refractivity contribution in [1.82, 2.24) is 0 Å². The number of fused-ring (bicyclic) bond motifs is 1. The van der Waals surface area contributed by atoms with Crippen molar-refractivity contribution in [2.45, 2.75) is 64.2 Å². The maximum atomic E-state index is 11.0. The highest BCUT2D eigenvalue weighted by molar-refractivity contribution is 5.87. The minimum atomic E-state index is -0.887. The molecule has 0 aliphatic carbocycles. The average molecular weight is 392 g/mol. The topological polar surface area (TPSA) is 49.3 Å². The normalized spacial score (nSPS) is 16.2. The molecule has 1 atom stereocenters. The second-order valence-electron chi connectivity index (χ2n) is 8.75. The molecule has 0 amide bonds. The first-order valence-corrected chi connectivity index (χ1v) is 10.8. The van der Waals surface area contributed by atoms with E-state index in [0.29, 0.717) is 11.5 Å². The summed E-state index contributed by atoms with van der Waals surface area (Å²) in [6.07, 6.45) is 10.4. The minimum absolute atomic E-state index is 0.221. The van der Waals surface area contributed by atoms with Crippen molar-refractivity contribution in [1.29, 1.82) is 0 Å². The molecule has 1 aliphatic heterocycles. The molecular weight excluding hydrogens is 358 g/mol. The molecular formula is C26H33NO2. The number of allylic oxidation sites excluding steroid dienone is 1. The number of aromatic carboxylic acids is 1. The summed E-state index contributed by atoms with van der Waals surface area (Å²) in [4.78, 5) is 11.0. The number of hydrogen-bond donors (Lipinski definition) is 2. The molecule has 0 bridgehead atoms. The van der Waals surface area contributed by atoms with E-state index >= 15 is 0 Å². The van der Waals surface area contributed by atoms with Crippen LogP contribution in [0.1, 0.15) is 85.8 Å². The lowest BCUT2D eigenvalue weighted by atomic mass is 9.77. The zero-order valence-corrected chi connectivity index (χ0v) is 17.9. The molecule has 3 nitrogen and oxygen atoms in total. The zero-order chi connectivity index (χ0) is 20.9. The van der Waals surface area contributed by atoms with Gasteiger partial charge in [0.05, 0.1) is 5.56 Å². The Hall–Kier alpha value is -2.55. The molecule has 1 heterocycles. The first-order chi connectivity index (χ1) is 13.9. The average Bonchev–Trinajstić information content (AvgIpc) is 2.70. The van der Waals surface area contributed by atoms with E-state index in [-0.39, 0.29) is 5.41 Å². The Morgan fingerprint density at radius 2 is 1.93 bits per heavy atom.